The van der Waals surface area contributed by atoms with Crippen LogP contribution < -0.4 is 11.1 Å². The van der Waals surface area contributed by atoms with Crippen LogP contribution in [0.2, 0.25) is 0 Å². The number of pyridine rings is 2. The third kappa shape index (κ3) is 7.06. The van der Waals surface area contributed by atoms with Gasteiger partial charge in [0.2, 0.25) is 5.91 Å². The fourth-order valence-electron chi connectivity index (χ4n) is 3.79. The summed E-state index contributed by atoms with van der Waals surface area (Å²) in [5.74, 6) is -0.358. The first-order valence-corrected chi connectivity index (χ1v) is 11.4. The van der Waals surface area contributed by atoms with Gasteiger partial charge in [-0.2, -0.15) is 0 Å². The molecule has 3 rings (SSSR count). The van der Waals surface area contributed by atoms with Gasteiger partial charge >= 0.3 is 0 Å². The lowest BCUT2D eigenvalue weighted by molar-refractivity contribution is -0.125. The number of aliphatic hydroxyl groups is 1. The minimum Gasteiger partial charge on any atom is -0.378 e. The largest absolute Gasteiger partial charge is 0.378 e. The van der Waals surface area contributed by atoms with Gasteiger partial charge in [-0.25, -0.2) is 0 Å². The summed E-state index contributed by atoms with van der Waals surface area (Å²) in [7, 11) is 0. The maximum absolute atomic E-state index is 13.2. The fraction of sp³-hybridized carbons (Fsp3) is 0.207. The number of benzene rings is 1. The molecule has 2 atom stereocenters. The summed E-state index contributed by atoms with van der Waals surface area (Å²) in [6, 6.07) is 14.8. The van der Waals surface area contributed by atoms with E-state index in [1.807, 2.05) is 49.4 Å². The molecule has 0 fully saturated rings. The zero-order chi connectivity index (χ0) is 25.7. The lowest BCUT2D eigenvalue weighted by Gasteiger charge is -2.38. The van der Waals surface area contributed by atoms with Crippen molar-refractivity contribution in [2.45, 2.75) is 37.5 Å². The molecule has 6 heteroatoms. The highest BCUT2D eigenvalue weighted by Crippen LogP contribution is 2.40. The number of nitrogens with zero attached hydrogens (tertiary/aromatic N) is 2. The molecule has 6 nitrogen and oxygen atoms in total. The average molecular weight is 471 g/mol. The Balaban J connectivity index is 0.00000210. The van der Waals surface area contributed by atoms with Gasteiger partial charge in [0.15, 0.2) is 0 Å². The second-order valence-electron chi connectivity index (χ2n) is 7.91. The summed E-state index contributed by atoms with van der Waals surface area (Å²) in [6.07, 6.45) is 11.3. The van der Waals surface area contributed by atoms with Gasteiger partial charge in [-0.1, -0.05) is 66.8 Å². The third-order valence-electron chi connectivity index (χ3n) is 5.56. The summed E-state index contributed by atoms with van der Waals surface area (Å²) >= 11 is 0. The number of carbonyl (C=O) groups excluding carboxylic acids is 1. The first-order valence-electron chi connectivity index (χ1n) is 11.4. The number of nitrogens with one attached hydrogen (secondary N) is 1. The highest BCUT2D eigenvalue weighted by atomic mass is 16.3. The Labute approximate surface area is 208 Å². The van der Waals surface area contributed by atoms with Crippen LogP contribution in [0, 0.1) is 0 Å². The van der Waals surface area contributed by atoms with E-state index in [2.05, 4.69) is 35.0 Å². The molecule has 0 aliphatic rings. The molecule has 0 saturated carbocycles. The number of rotatable bonds is 10. The highest BCUT2D eigenvalue weighted by molar-refractivity contribution is 5.82. The van der Waals surface area contributed by atoms with E-state index in [1.165, 1.54) is 0 Å². The predicted octanol–water partition coefficient (Wildman–Crippen LogP) is 4.61. The summed E-state index contributed by atoms with van der Waals surface area (Å²) in [4.78, 5) is 21.6. The second-order valence-corrected chi connectivity index (χ2v) is 7.91. The molecule has 4 N–H and O–H groups in total. The Morgan fingerprint density at radius 2 is 1.63 bits per heavy atom. The molecule has 2 heterocycles. The van der Waals surface area contributed by atoms with Crippen LogP contribution in [-0.2, 0) is 10.4 Å². The van der Waals surface area contributed by atoms with Crippen LogP contribution in [0.4, 0.5) is 0 Å². The van der Waals surface area contributed by atoms with Crippen molar-refractivity contribution in [1.29, 1.82) is 0 Å². The Hall–Kier alpha value is -3.87. The van der Waals surface area contributed by atoms with E-state index in [4.69, 9.17) is 5.73 Å². The van der Waals surface area contributed by atoms with Crippen molar-refractivity contribution in [1.82, 2.24) is 15.3 Å². The van der Waals surface area contributed by atoms with Crippen LogP contribution in [0.15, 0.2) is 117 Å². The van der Waals surface area contributed by atoms with Crippen molar-refractivity contribution in [3.63, 3.8) is 0 Å². The summed E-state index contributed by atoms with van der Waals surface area (Å²) < 4.78 is 0. The number of allylic oxidation sites excluding steroid dienone is 3. The van der Waals surface area contributed by atoms with E-state index >= 15 is 0 Å². The van der Waals surface area contributed by atoms with Gasteiger partial charge < -0.3 is 16.2 Å². The molecule has 3 aromatic rings. The van der Waals surface area contributed by atoms with Crippen molar-refractivity contribution in [2.24, 2.45) is 5.73 Å². The monoisotopic (exact) mass is 470 g/mol. The van der Waals surface area contributed by atoms with Gasteiger partial charge in [0.05, 0.1) is 12.1 Å². The van der Waals surface area contributed by atoms with Crippen molar-refractivity contribution >= 4 is 5.91 Å². The quantitative estimate of drug-likeness (QED) is 0.297. The molecule has 182 valence electrons. The first kappa shape index (κ1) is 27.4. The Bertz CT molecular complexity index is 1050. The summed E-state index contributed by atoms with van der Waals surface area (Å²) in [5.41, 5.74) is 7.29. The number of hydrogen-bond donors (Lipinski definition) is 3. The standard InChI is InChI=1S/C27H30N4O2.C2H4/c1-3-9-20(2)14-15-24(28)26(32)31-25(21-10-5-4-6-11-21)27(33,22-12-7-16-29-18-22)23-13-8-17-30-19-23;1-2/h3-13,16-19,24-25,33H,2,14-15,28H2,1H3,(H,31,32);1-2H2/b9-3-;/t24-,25?;/m0./s1. The Morgan fingerprint density at radius 3 is 2.11 bits per heavy atom. The first-order chi connectivity index (χ1) is 17.0. The van der Waals surface area contributed by atoms with Crippen LogP contribution in [0.1, 0.15) is 42.5 Å². The minimum atomic E-state index is -1.63. The SMILES string of the molecule is C=C.C=C(/C=C\C)CC[C@H](N)C(=O)NC(c1ccccc1)C(O)(c1cccnc1)c1cccnc1. The lowest BCUT2D eigenvalue weighted by Crippen LogP contribution is -2.49. The Kier molecular flexibility index (Phi) is 10.8. The predicted molar refractivity (Wildman–Crippen MR) is 141 cm³/mol. The molecule has 1 aromatic carbocycles. The van der Waals surface area contributed by atoms with Crippen molar-refractivity contribution in [3.8, 4) is 0 Å². The average Bonchev–Trinajstić information content (AvgIpc) is 2.92. The second kappa shape index (κ2) is 13.7. The van der Waals surface area contributed by atoms with E-state index < -0.39 is 17.7 Å². The number of nitrogens with two attached hydrogens (primary N) is 1. The topological polar surface area (TPSA) is 101 Å². The van der Waals surface area contributed by atoms with Crippen molar-refractivity contribution < 1.29 is 9.90 Å². The fourth-order valence-corrected chi connectivity index (χ4v) is 3.79. The molecule has 1 amide bonds. The van der Waals surface area contributed by atoms with Gasteiger partial charge in [-0.15, -0.1) is 13.2 Å². The number of hydrogen-bond acceptors (Lipinski definition) is 5. The maximum atomic E-state index is 13.2. The van der Waals surface area contributed by atoms with Crippen LogP contribution >= 0.6 is 0 Å². The van der Waals surface area contributed by atoms with E-state index in [1.54, 1.807) is 49.1 Å². The number of aromatic nitrogens is 2. The lowest BCUT2D eigenvalue weighted by atomic mass is 9.78. The van der Waals surface area contributed by atoms with Crippen LogP contribution in [0.3, 0.4) is 0 Å². The van der Waals surface area contributed by atoms with Crippen LogP contribution in [0.25, 0.3) is 0 Å². The zero-order valence-corrected chi connectivity index (χ0v) is 20.2. The molecule has 1 unspecified atom stereocenters. The summed E-state index contributed by atoms with van der Waals surface area (Å²) in [6.45, 7) is 11.9. The zero-order valence-electron chi connectivity index (χ0n) is 20.2. The van der Waals surface area contributed by atoms with Gasteiger partial charge in [0, 0.05) is 35.9 Å². The third-order valence-corrected chi connectivity index (χ3v) is 5.56. The molecule has 0 saturated heterocycles. The normalized spacial score (nSPS) is 12.8. The molecule has 35 heavy (non-hydrogen) atoms. The van der Waals surface area contributed by atoms with Gasteiger partial charge in [-0.05, 0) is 37.5 Å². The molecular weight excluding hydrogens is 436 g/mol. The van der Waals surface area contributed by atoms with Crippen molar-refractivity contribution in [3.05, 3.63) is 134 Å². The highest BCUT2D eigenvalue weighted by Gasteiger charge is 2.43. The van der Waals surface area contributed by atoms with E-state index in [9.17, 15) is 9.90 Å². The molecule has 0 aliphatic heterocycles. The summed E-state index contributed by atoms with van der Waals surface area (Å²) in [5, 5.41) is 15.2. The number of carbonyl (C=O) groups is 1. The van der Waals surface area contributed by atoms with E-state index in [-0.39, 0.29) is 5.91 Å². The number of amides is 1. The van der Waals surface area contributed by atoms with Crippen molar-refractivity contribution in [2.75, 3.05) is 0 Å². The Morgan fingerprint density at radius 1 is 1.06 bits per heavy atom. The molecule has 2 aromatic heterocycles. The molecule has 0 bridgehead atoms. The van der Waals surface area contributed by atoms with E-state index in [0.717, 1.165) is 11.1 Å². The molecular formula is C29H34N4O2. The smallest absolute Gasteiger partial charge is 0.237 e. The van der Waals surface area contributed by atoms with Crippen LogP contribution in [-0.4, -0.2) is 27.0 Å². The molecule has 0 radical (unpaired) electrons. The van der Waals surface area contributed by atoms with Crippen LogP contribution in [0.5, 0.6) is 0 Å². The van der Waals surface area contributed by atoms with Gasteiger partial charge in [0.1, 0.15) is 5.60 Å². The van der Waals surface area contributed by atoms with Gasteiger partial charge in [-0.3, -0.25) is 14.8 Å². The van der Waals surface area contributed by atoms with Gasteiger partial charge in [0.25, 0.3) is 0 Å². The van der Waals surface area contributed by atoms with E-state index in [0.29, 0.717) is 24.0 Å². The molecule has 0 spiro atoms. The molecule has 0 aliphatic carbocycles. The minimum absolute atomic E-state index is 0.358. The maximum Gasteiger partial charge on any atom is 0.237 e.